The number of nitro groups is 1. The zero-order valence-electron chi connectivity index (χ0n) is 12.8. The third-order valence-corrected chi connectivity index (χ3v) is 5.26. The predicted molar refractivity (Wildman–Crippen MR) is 91.8 cm³/mol. The topological polar surface area (TPSA) is 110 Å². The average Bonchev–Trinajstić information content (AvgIpc) is 3.26. The highest BCUT2D eigenvalue weighted by Crippen LogP contribution is 2.37. The fourth-order valence-corrected chi connectivity index (χ4v) is 3.81. The molecule has 0 unspecified atom stereocenters. The van der Waals surface area contributed by atoms with Gasteiger partial charge in [0.15, 0.2) is 4.34 Å². The number of anilines is 1. The first-order valence-electron chi connectivity index (χ1n) is 7.41. The van der Waals surface area contributed by atoms with Gasteiger partial charge in [-0.15, -0.1) is 10.2 Å². The summed E-state index contributed by atoms with van der Waals surface area (Å²) in [5.74, 6) is -0.275. The maximum Gasteiger partial charge on any atom is 0.284 e. The van der Waals surface area contributed by atoms with Crippen molar-refractivity contribution in [2.45, 2.75) is 35.0 Å². The normalized spacial score (nSPS) is 13.5. The Hall–Kier alpha value is -2.20. The van der Waals surface area contributed by atoms with E-state index in [2.05, 4.69) is 20.8 Å². The van der Waals surface area contributed by atoms with E-state index in [-0.39, 0.29) is 17.6 Å². The van der Waals surface area contributed by atoms with Gasteiger partial charge in [0, 0.05) is 24.2 Å². The summed E-state index contributed by atoms with van der Waals surface area (Å²) in [6, 6.07) is 4.70. The van der Waals surface area contributed by atoms with E-state index in [0.29, 0.717) is 19.9 Å². The minimum atomic E-state index is -0.484. The molecule has 3 rings (SSSR count). The largest absolute Gasteiger partial charge is 0.360 e. The van der Waals surface area contributed by atoms with Gasteiger partial charge >= 0.3 is 0 Å². The van der Waals surface area contributed by atoms with Crippen molar-refractivity contribution < 1.29 is 9.72 Å². The number of nitrogens with one attached hydrogen (secondary N) is 2. The Morgan fingerprint density at radius 2 is 2.25 bits per heavy atom. The summed E-state index contributed by atoms with van der Waals surface area (Å²) in [4.78, 5) is 23.3. The van der Waals surface area contributed by atoms with Gasteiger partial charge in [-0.2, -0.15) is 0 Å². The van der Waals surface area contributed by atoms with Gasteiger partial charge in [-0.25, -0.2) is 0 Å². The van der Waals surface area contributed by atoms with E-state index in [1.807, 2.05) is 6.92 Å². The fraction of sp³-hybridized carbons (Fsp3) is 0.357. The molecule has 1 aromatic carbocycles. The van der Waals surface area contributed by atoms with Crippen LogP contribution in [0.4, 0.5) is 10.8 Å². The van der Waals surface area contributed by atoms with E-state index < -0.39 is 4.92 Å². The molecule has 0 radical (unpaired) electrons. The smallest absolute Gasteiger partial charge is 0.284 e. The Labute approximate surface area is 146 Å². The summed E-state index contributed by atoms with van der Waals surface area (Å²) < 4.78 is 0.601. The summed E-state index contributed by atoms with van der Waals surface area (Å²) in [6.45, 7) is 2.68. The Balaban J connectivity index is 1.80. The highest BCUT2D eigenvalue weighted by molar-refractivity contribution is 8.01. The molecular formula is C14H15N5O3S2. The summed E-state index contributed by atoms with van der Waals surface area (Å²) in [7, 11) is 0. The van der Waals surface area contributed by atoms with E-state index in [4.69, 9.17) is 0 Å². The first-order chi connectivity index (χ1) is 11.6. The second-order valence-corrected chi connectivity index (χ2v) is 7.46. The molecule has 0 spiro atoms. The summed E-state index contributed by atoms with van der Waals surface area (Å²) >= 11 is 2.50. The number of hydrogen-bond acceptors (Lipinski definition) is 8. The van der Waals surface area contributed by atoms with Crippen LogP contribution in [0.1, 0.15) is 30.1 Å². The second-order valence-electron chi connectivity index (χ2n) is 5.19. The Morgan fingerprint density at radius 3 is 2.92 bits per heavy atom. The molecule has 126 valence electrons. The van der Waals surface area contributed by atoms with Crippen molar-refractivity contribution in [1.29, 1.82) is 0 Å². The van der Waals surface area contributed by atoms with Crippen LogP contribution in [-0.2, 0) is 0 Å². The van der Waals surface area contributed by atoms with Crippen LogP contribution in [0.3, 0.4) is 0 Å². The van der Waals surface area contributed by atoms with E-state index in [1.54, 1.807) is 12.1 Å². The molecule has 2 aromatic rings. The number of nitrogens with zero attached hydrogens (tertiary/aromatic N) is 3. The molecule has 1 aromatic heterocycles. The minimum absolute atomic E-state index is 0.108. The number of amides is 1. The highest BCUT2D eigenvalue weighted by atomic mass is 32.2. The van der Waals surface area contributed by atoms with Crippen molar-refractivity contribution >= 4 is 39.8 Å². The lowest BCUT2D eigenvalue weighted by atomic mass is 10.2. The van der Waals surface area contributed by atoms with Crippen molar-refractivity contribution in [3.05, 3.63) is 33.9 Å². The molecule has 0 atom stereocenters. The molecule has 1 fully saturated rings. The first-order valence-corrected chi connectivity index (χ1v) is 9.04. The number of benzene rings is 1. The number of carbonyl (C=O) groups is 1. The van der Waals surface area contributed by atoms with E-state index in [0.717, 1.165) is 19.4 Å². The fourth-order valence-electron chi connectivity index (χ4n) is 1.95. The predicted octanol–water partition coefficient (Wildman–Crippen LogP) is 2.92. The van der Waals surface area contributed by atoms with E-state index in [1.165, 1.54) is 29.2 Å². The number of rotatable bonds is 7. The molecule has 1 saturated carbocycles. The molecule has 0 aliphatic heterocycles. The van der Waals surface area contributed by atoms with Crippen LogP contribution in [-0.4, -0.2) is 33.6 Å². The lowest BCUT2D eigenvalue weighted by Crippen LogP contribution is -2.25. The van der Waals surface area contributed by atoms with Crippen LogP contribution >= 0.6 is 23.1 Å². The SMILES string of the molecule is CCNc1nnc(Sc2ccc(C(=O)NC3CC3)cc2[N+](=O)[O-])s1. The Morgan fingerprint density at radius 1 is 1.46 bits per heavy atom. The Kier molecular flexibility index (Phi) is 4.95. The average molecular weight is 365 g/mol. The zero-order chi connectivity index (χ0) is 17.1. The van der Waals surface area contributed by atoms with Crippen LogP contribution in [0.15, 0.2) is 27.4 Å². The first kappa shape index (κ1) is 16.7. The molecule has 1 heterocycles. The van der Waals surface area contributed by atoms with Crippen molar-refractivity contribution in [1.82, 2.24) is 15.5 Å². The maximum absolute atomic E-state index is 12.0. The summed E-state index contributed by atoms with van der Waals surface area (Å²) in [5.41, 5.74) is 0.187. The number of nitro benzene ring substituents is 1. The third kappa shape index (κ3) is 4.01. The van der Waals surface area contributed by atoms with Crippen LogP contribution in [0, 0.1) is 10.1 Å². The molecular weight excluding hydrogens is 350 g/mol. The molecule has 0 saturated heterocycles. The van der Waals surface area contributed by atoms with Gasteiger partial charge in [0.1, 0.15) is 0 Å². The number of aromatic nitrogens is 2. The minimum Gasteiger partial charge on any atom is -0.360 e. The lowest BCUT2D eigenvalue weighted by molar-refractivity contribution is -0.387. The zero-order valence-corrected chi connectivity index (χ0v) is 14.4. The van der Waals surface area contributed by atoms with Crippen LogP contribution in [0.25, 0.3) is 0 Å². The molecule has 1 aliphatic rings. The van der Waals surface area contributed by atoms with Crippen molar-refractivity contribution in [2.75, 3.05) is 11.9 Å². The number of carbonyl (C=O) groups excluding carboxylic acids is 1. The van der Waals surface area contributed by atoms with Gasteiger partial charge in [-0.05, 0) is 43.7 Å². The van der Waals surface area contributed by atoms with E-state index >= 15 is 0 Å². The van der Waals surface area contributed by atoms with Crippen LogP contribution in [0.2, 0.25) is 0 Å². The van der Waals surface area contributed by atoms with Gasteiger partial charge in [0.05, 0.1) is 9.82 Å². The van der Waals surface area contributed by atoms with Crippen LogP contribution < -0.4 is 10.6 Å². The highest BCUT2D eigenvalue weighted by Gasteiger charge is 2.25. The van der Waals surface area contributed by atoms with Crippen molar-refractivity contribution in [3.8, 4) is 0 Å². The van der Waals surface area contributed by atoms with Gasteiger partial charge in [-0.1, -0.05) is 11.3 Å². The molecule has 24 heavy (non-hydrogen) atoms. The molecule has 2 N–H and O–H groups in total. The molecule has 1 amide bonds. The number of hydrogen-bond donors (Lipinski definition) is 2. The lowest BCUT2D eigenvalue weighted by Gasteiger charge is -2.05. The maximum atomic E-state index is 12.0. The van der Waals surface area contributed by atoms with E-state index in [9.17, 15) is 14.9 Å². The molecule has 0 bridgehead atoms. The van der Waals surface area contributed by atoms with Gasteiger partial charge in [0.2, 0.25) is 5.13 Å². The molecule has 1 aliphatic carbocycles. The monoisotopic (exact) mass is 365 g/mol. The quantitative estimate of drug-likeness (QED) is 0.573. The molecule has 10 heteroatoms. The summed E-state index contributed by atoms with van der Waals surface area (Å²) in [5, 5.41) is 25.9. The van der Waals surface area contributed by atoms with Gasteiger partial charge in [-0.3, -0.25) is 14.9 Å². The summed E-state index contributed by atoms with van der Waals surface area (Å²) in [6.07, 6.45) is 1.93. The van der Waals surface area contributed by atoms with Crippen molar-refractivity contribution in [2.24, 2.45) is 0 Å². The van der Waals surface area contributed by atoms with Crippen molar-refractivity contribution in [3.63, 3.8) is 0 Å². The van der Waals surface area contributed by atoms with Crippen LogP contribution in [0.5, 0.6) is 0 Å². The Bertz CT molecular complexity index is 776. The second kappa shape index (κ2) is 7.14. The third-order valence-electron chi connectivity index (χ3n) is 3.26. The standard InChI is InChI=1S/C14H15N5O3S2/c1-2-15-13-17-18-14(24-13)23-11-6-3-8(7-10(11)19(21)22)12(20)16-9-4-5-9/h3,6-7,9H,2,4-5H2,1H3,(H,15,17)(H,16,20). The molecule has 8 nitrogen and oxygen atoms in total. The van der Waals surface area contributed by atoms with Gasteiger partial charge in [0.25, 0.3) is 11.6 Å². The van der Waals surface area contributed by atoms with Gasteiger partial charge < -0.3 is 10.6 Å².